The fraction of sp³-hybridized carbons (Fsp3) is 0.304. The summed E-state index contributed by atoms with van der Waals surface area (Å²) < 4.78 is 5.22. The zero-order valence-corrected chi connectivity index (χ0v) is 16.7. The number of carbonyl (C=O) groups is 1. The Bertz CT molecular complexity index is 966. The van der Waals surface area contributed by atoms with Crippen LogP contribution >= 0.6 is 0 Å². The predicted molar refractivity (Wildman–Crippen MR) is 116 cm³/mol. The Morgan fingerprint density at radius 3 is 2.52 bits per heavy atom. The quantitative estimate of drug-likeness (QED) is 0.701. The monoisotopic (exact) mass is 390 g/mol. The molecule has 6 heteroatoms. The third-order valence-corrected chi connectivity index (χ3v) is 5.35. The second kappa shape index (κ2) is 8.92. The normalized spacial score (nSPS) is 14.7. The van der Waals surface area contributed by atoms with E-state index in [4.69, 9.17) is 4.74 Å². The Hall–Kier alpha value is -3.12. The van der Waals surface area contributed by atoms with E-state index in [1.165, 1.54) is 5.69 Å². The Balaban J connectivity index is 1.23. The van der Waals surface area contributed by atoms with E-state index in [2.05, 4.69) is 32.2 Å². The number of para-hydroxylation sites is 1. The molecule has 0 atom stereocenters. The Morgan fingerprint density at radius 2 is 1.76 bits per heavy atom. The van der Waals surface area contributed by atoms with Gasteiger partial charge in [-0.1, -0.05) is 24.3 Å². The summed E-state index contributed by atoms with van der Waals surface area (Å²) in [6, 6.07) is 19.7. The molecule has 0 aliphatic carbocycles. The minimum absolute atomic E-state index is 0.118. The fourth-order valence-electron chi connectivity index (χ4n) is 3.63. The number of rotatable bonds is 6. The number of hydrogen-bond acceptors (Lipinski definition) is 5. The van der Waals surface area contributed by atoms with Gasteiger partial charge in [0.2, 0.25) is 0 Å². The lowest BCUT2D eigenvalue weighted by atomic mass is 10.2. The first-order valence-corrected chi connectivity index (χ1v) is 9.98. The standard InChI is InChI=1S/C23H26N4O2/c1-29-20-9-7-19(8-10-20)27-16-14-26(15-17-27)13-12-24-23(28)22-11-6-18-4-2-3-5-21(18)25-22/h2-11H,12-17H2,1H3,(H,24,28). The van der Waals surface area contributed by atoms with Crippen LogP contribution in [0, 0.1) is 0 Å². The van der Waals surface area contributed by atoms with Crippen LogP contribution in [0.5, 0.6) is 5.75 Å². The molecule has 3 aromatic rings. The van der Waals surface area contributed by atoms with Crippen LogP contribution in [0.1, 0.15) is 10.5 Å². The number of nitrogens with zero attached hydrogens (tertiary/aromatic N) is 3. The van der Waals surface area contributed by atoms with Crippen molar-refractivity contribution in [3.05, 3.63) is 66.4 Å². The summed E-state index contributed by atoms with van der Waals surface area (Å²) in [5.41, 5.74) is 2.53. The number of piperazine rings is 1. The van der Waals surface area contributed by atoms with Crippen LogP contribution in [0.3, 0.4) is 0 Å². The summed E-state index contributed by atoms with van der Waals surface area (Å²) in [5, 5.41) is 4.04. The topological polar surface area (TPSA) is 57.7 Å². The van der Waals surface area contributed by atoms with E-state index >= 15 is 0 Å². The van der Waals surface area contributed by atoms with E-state index in [0.29, 0.717) is 12.2 Å². The molecule has 0 bridgehead atoms. The first kappa shape index (κ1) is 19.2. The lowest BCUT2D eigenvalue weighted by Gasteiger charge is -2.36. The van der Waals surface area contributed by atoms with Gasteiger partial charge in [0.25, 0.3) is 5.91 Å². The number of carbonyl (C=O) groups excluding carboxylic acids is 1. The largest absolute Gasteiger partial charge is 0.497 e. The number of pyridine rings is 1. The molecule has 1 fully saturated rings. The number of ether oxygens (including phenoxy) is 1. The van der Waals surface area contributed by atoms with Gasteiger partial charge in [0.15, 0.2) is 0 Å². The Morgan fingerprint density at radius 1 is 1.00 bits per heavy atom. The third kappa shape index (κ3) is 4.66. The molecular weight excluding hydrogens is 364 g/mol. The number of anilines is 1. The summed E-state index contributed by atoms with van der Waals surface area (Å²) in [6.45, 7) is 5.39. The fourth-order valence-corrected chi connectivity index (χ4v) is 3.63. The van der Waals surface area contributed by atoms with Gasteiger partial charge in [-0.3, -0.25) is 9.69 Å². The molecule has 0 saturated carbocycles. The number of amides is 1. The van der Waals surface area contributed by atoms with Crippen molar-refractivity contribution < 1.29 is 9.53 Å². The molecule has 0 unspecified atom stereocenters. The molecule has 1 aliphatic rings. The van der Waals surface area contributed by atoms with Gasteiger partial charge in [0.1, 0.15) is 11.4 Å². The molecule has 2 heterocycles. The van der Waals surface area contributed by atoms with Crippen LogP contribution in [-0.4, -0.2) is 62.2 Å². The van der Waals surface area contributed by atoms with Crippen molar-refractivity contribution in [3.63, 3.8) is 0 Å². The van der Waals surface area contributed by atoms with Gasteiger partial charge in [-0.05, 0) is 36.4 Å². The van der Waals surface area contributed by atoms with Crippen molar-refractivity contribution >= 4 is 22.5 Å². The van der Waals surface area contributed by atoms with Gasteiger partial charge in [0.05, 0.1) is 12.6 Å². The summed E-state index contributed by atoms with van der Waals surface area (Å²) in [4.78, 5) is 21.6. The second-order valence-electron chi connectivity index (χ2n) is 7.17. The van der Waals surface area contributed by atoms with Crippen LogP contribution in [0.15, 0.2) is 60.7 Å². The third-order valence-electron chi connectivity index (χ3n) is 5.35. The van der Waals surface area contributed by atoms with Crippen LogP contribution in [0.25, 0.3) is 10.9 Å². The highest BCUT2D eigenvalue weighted by Crippen LogP contribution is 2.20. The van der Waals surface area contributed by atoms with E-state index < -0.39 is 0 Å². The maximum atomic E-state index is 12.4. The molecule has 1 aromatic heterocycles. The van der Waals surface area contributed by atoms with Gasteiger partial charge < -0.3 is 15.0 Å². The molecule has 4 rings (SSSR count). The second-order valence-corrected chi connectivity index (χ2v) is 7.17. The maximum absolute atomic E-state index is 12.4. The van der Waals surface area contributed by atoms with Gasteiger partial charge >= 0.3 is 0 Å². The van der Waals surface area contributed by atoms with Crippen molar-refractivity contribution in [2.75, 3.05) is 51.3 Å². The molecule has 2 aromatic carbocycles. The molecular formula is C23H26N4O2. The highest BCUT2D eigenvalue weighted by Gasteiger charge is 2.17. The number of methoxy groups -OCH3 is 1. The molecule has 1 saturated heterocycles. The summed E-state index contributed by atoms with van der Waals surface area (Å²) >= 11 is 0. The van der Waals surface area contributed by atoms with Gasteiger partial charge in [0, 0.05) is 50.3 Å². The van der Waals surface area contributed by atoms with E-state index in [-0.39, 0.29) is 5.91 Å². The summed E-state index contributed by atoms with van der Waals surface area (Å²) in [7, 11) is 1.68. The van der Waals surface area contributed by atoms with E-state index in [0.717, 1.165) is 49.4 Å². The number of benzene rings is 2. The van der Waals surface area contributed by atoms with E-state index in [1.807, 2.05) is 42.5 Å². The molecule has 29 heavy (non-hydrogen) atoms. The number of aromatic nitrogens is 1. The molecule has 6 nitrogen and oxygen atoms in total. The van der Waals surface area contributed by atoms with Crippen LogP contribution in [0.2, 0.25) is 0 Å². The minimum Gasteiger partial charge on any atom is -0.497 e. The predicted octanol–water partition coefficient (Wildman–Crippen LogP) is 2.80. The van der Waals surface area contributed by atoms with Gasteiger partial charge in [-0.15, -0.1) is 0 Å². The zero-order chi connectivity index (χ0) is 20.1. The van der Waals surface area contributed by atoms with Crippen molar-refractivity contribution in [2.24, 2.45) is 0 Å². The van der Waals surface area contributed by atoms with Crippen molar-refractivity contribution in [3.8, 4) is 5.75 Å². The molecule has 150 valence electrons. The lowest BCUT2D eigenvalue weighted by molar-refractivity contribution is 0.0943. The minimum atomic E-state index is -0.118. The number of hydrogen-bond donors (Lipinski definition) is 1. The van der Waals surface area contributed by atoms with Crippen molar-refractivity contribution in [1.29, 1.82) is 0 Å². The van der Waals surface area contributed by atoms with Crippen molar-refractivity contribution in [2.45, 2.75) is 0 Å². The average molecular weight is 390 g/mol. The Labute approximate surface area is 171 Å². The zero-order valence-electron chi connectivity index (χ0n) is 16.7. The molecule has 1 aliphatic heterocycles. The van der Waals surface area contributed by atoms with E-state index in [1.54, 1.807) is 13.2 Å². The van der Waals surface area contributed by atoms with Crippen LogP contribution in [0.4, 0.5) is 5.69 Å². The lowest BCUT2D eigenvalue weighted by Crippen LogP contribution is -2.48. The highest BCUT2D eigenvalue weighted by molar-refractivity contribution is 5.94. The number of nitrogens with one attached hydrogen (secondary N) is 1. The smallest absolute Gasteiger partial charge is 0.269 e. The molecule has 1 amide bonds. The first-order chi connectivity index (χ1) is 14.2. The van der Waals surface area contributed by atoms with Gasteiger partial charge in [-0.25, -0.2) is 4.98 Å². The maximum Gasteiger partial charge on any atom is 0.269 e. The molecule has 0 radical (unpaired) electrons. The van der Waals surface area contributed by atoms with Crippen LogP contribution < -0.4 is 15.0 Å². The Kier molecular flexibility index (Phi) is 5.91. The number of fused-ring (bicyclic) bond motifs is 1. The molecule has 0 spiro atoms. The first-order valence-electron chi connectivity index (χ1n) is 9.98. The summed E-state index contributed by atoms with van der Waals surface area (Å²) in [5.74, 6) is 0.761. The SMILES string of the molecule is COc1ccc(N2CCN(CCNC(=O)c3ccc4ccccc4n3)CC2)cc1. The average Bonchev–Trinajstić information content (AvgIpc) is 2.79. The van der Waals surface area contributed by atoms with Crippen LogP contribution in [-0.2, 0) is 0 Å². The summed E-state index contributed by atoms with van der Waals surface area (Å²) in [6.07, 6.45) is 0. The molecule has 1 N–H and O–H groups in total. The highest BCUT2D eigenvalue weighted by atomic mass is 16.5. The van der Waals surface area contributed by atoms with Gasteiger partial charge in [-0.2, -0.15) is 0 Å². The van der Waals surface area contributed by atoms with E-state index in [9.17, 15) is 4.79 Å². The van der Waals surface area contributed by atoms with Crippen molar-refractivity contribution in [1.82, 2.24) is 15.2 Å².